The highest BCUT2D eigenvalue weighted by Gasteiger charge is 2.01. The van der Waals surface area contributed by atoms with E-state index < -0.39 is 0 Å². The van der Waals surface area contributed by atoms with Crippen molar-refractivity contribution in [2.24, 2.45) is 0 Å². The van der Waals surface area contributed by atoms with Crippen molar-refractivity contribution < 1.29 is 0 Å². The van der Waals surface area contributed by atoms with Crippen molar-refractivity contribution in [3.8, 4) is 22.3 Å². The third-order valence-electron chi connectivity index (χ3n) is 6.09. The molecule has 0 radical (unpaired) electrons. The Morgan fingerprint density at radius 3 is 1.61 bits per heavy atom. The third kappa shape index (κ3) is 11.0. The summed E-state index contributed by atoms with van der Waals surface area (Å²) in [5, 5.41) is 7.51. The molecule has 7 heteroatoms. The molecule has 0 spiro atoms. The van der Waals surface area contributed by atoms with Gasteiger partial charge >= 0.3 is 0 Å². The van der Waals surface area contributed by atoms with Gasteiger partial charge in [-0.05, 0) is 58.7 Å². The molecule has 0 aliphatic carbocycles. The first-order valence-corrected chi connectivity index (χ1v) is 15.5. The first kappa shape index (κ1) is 30.8. The van der Waals surface area contributed by atoms with Crippen LogP contribution in [0.2, 0.25) is 5.02 Å². The second-order valence-corrected chi connectivity index (χ2v) is 11.2. The van der Waals surface area contributed by atoms with Crippen LogP contribution in [0.4, 0.5) is 0 Å². The molecule has 2 heterocycles. The molecule has 5 aromatic rings. The zero-order valence-corrected chi connectivity index (χ0v) is 25.2. The number of halogens is 2. The van der Waals surface area contributed by atoms with E-state index in [0.717, 1.165) is 48.1 Å². The van der Waals surface area contributed by atoms with Gasteiger partial charge < -0.3 is 10.6 Å². The zero-order chi connectivity index (χ0) is 28.5. The highest BCUT2D eigenvalue weighted by molar-refractivity contribution is 7.99. The second kappa shape index (κ2) is 17.6. The van der Waals surface area contributed by atoms with Crippen LogP contribution in [0.1, 0.15) is 11.1 Å². The van der Waals surface area contributed by atoms with Crippen LogP contribution in [0.5, 0.6) is 0 Å². The Morgan fingerprint density at radius 1 is 0.585 bits per heavy atom. The summed E-state index contributed by atoms with van der Waals surface area (Å²) in [6.07, 6.45) is 7.61. The molecule has 2 aromatic heterocycles. The zero-order valence-electron chi connectivity index (χ0n) is 22.8. The van der Waals surface area contributed by atoms with Crippen LogP contribution in [-0.4, -0.2) is 34.7 Å². The van der Waals surface area contributed by atoms with E-state index in [-0.39, 0.29) is 0 Å². The Kier molecular flexibility index (Phi) is 13.2. The summed E-state index contributed by atoms with van der Waals surface area (Å²) < 4.78 is 0. The van der Waals surface area contributed by atoms with Gasteiger partial charge in [0, 0.05) is 83.6 Å². The SMILES string of the molecule is ClCCNCc1cncc(-c2ccccc2)c1.Clc1ccc(SCCNCc2cncc(-c3ccccc3)c2)cc1. The van der Waals surface area contributed by atoms with Gasteiger partial charge in [0.1, 0.15) is 0 Å². The van der Waals surface area contributed by atoms with Gasteiger partial charge in [0.05, 0.1) is 0 Å². The third-order valence-corrected chi connectivity index (χ3v) is 7.55. The number of rotatable bonds is 12. The minimum atomic E-state index is 0.631. The number of hydrogen-bond donors (Lipinski definition) is 2. The van der Waals surface area contributed by atoms with Crippen molar-refractivity contribution in [2.75, 3.05) is 24.7 Å². The standard InChI is InChI=1S/C20H19ClN2S.C14H15ClN2/c21-19-6-8-20(9-7-19)24-11-10-22-13-16-12-18(15-23-14-16)17-4-2-1-3-5-17;15-6-7-16-9-12-8-14(11-17-10-12)13-4-2-1-3-5-13/h1-9,12,14-15,22H,10-11,13H2;1-5,8,10-11,16H,6-7,9H2. The number of nitrogens with zero attached hydrogens (tertiary/aromatic N) is 2. The van der Waals surface area contributed by atoms with E-state index in [4.69, 9.17) is 23.2 Å². The number of benzene rings is 3. The number of thioether (sulfide) groups is 1. The van der Waals surface area contributed by atoms with Gasteiger partial charge in [-0.3, -0.25) is 9.97 Å². The first-order chi connectivity index (χ1) is 20.2. The monoisotopic (exact) mass is 600 g/mol. The molecule has 2 N–H and O–H groups in total. The van der Waals surface area contributed by atoms with Crippen molar-refractivity contribution in [1.82, 2.24) is 20.6 Å². The Balaban J connectivity index is 0.000000201. The van der Waals surface area contributed by atoms with E-state index in [9.17, 15) is 0 Å². The predicted molar refractivity (Wildman–Crippen MR) is 176 cm³/mol. The molecule has 0 fully saturated rings. The Labute approximate surface area is 257 Å². The number of hydrogen-bond acceptors (Lipinski definition) is 5. The molecule has 0 aliphatic rings. The topological polar surface area (TPSA) is 49.8 Å². The van der Waals surface area contributed by atoms with Crippen molar-refractivity contribution in [2.45, 2.75) is 18.0 Å². The summed E-state index contributed by atoms with van der Waals surface area (Å²) in [5.41, 5.74) is 7.08. The fraction of sp³-hybridized carbons (Fsp3) is 0.176. The van der Waals surface area contributed by atoms with E-state index >= 15 is 0 Å². The minimum absolute atomic E-state index is 0.631. The Bertz CT molecular complexity index is 1430. The molecule has 0 saturated heterocycles. The average molecular weight is 602 g/mol. The van der Waals surface area contributed by atoms with E-state index in [1.807, 2.05) is 85.1 Å². The van der Waals surface area contributed by atoms with Gasteiger partial charge in [-0.2, -0.15) is 0 Å². The summed E-state index contributed by atoms with van der Waals surface area (Å²) in [5.74, 6) is 1.65. The summed E-state index contributed by atoms with van der Waals surface area (Å²) in [7, 11) is 0. The van der Waals surface area contributed by atoms with Crippen molar-refractivity contribution >= 4 is 35.0 Å². The molecule has 210 valence electrons. The van der Waals surface area contributed by atoms with E-state index in [1.54, 1.807) is 0 Å². The minimum Gasteiger partial charge on any atom is -0.312 e. The first-order valence-electron chi connectivity index (χ1n) is 13.6. The highest BCUT2D eigenvalue weighted by atomic mass is 35.5. The second-order valence-electron chi connectivity index (χ2n) is 9.24. The summed E-state index contributed by atoms with van der Waals surface area (Å²) in [6.45, 7) is 3.40. The van der Waals surface area contributed by atoms with Gasteiger partial charge in [0.2, 0.25) is 0 Å². The molecule has 41 heavy (non-hydrogen) atoms. The van der Waals surface area contributed by atoms with Crippen LogP contribution in [-0.2, 0) is 13.1 Å². The molecule has 4 nitrogen and oxygen atoms in total. The molecule has 0 atom stereocenters. The molecule has 3 aromatic carbocycles. The maximum absolute atomic E-state index is 5.89. The van der Waals surface area contributed by atoms with Crippen LogP contribution in [0.3, 0.4) is 0 Å². The van der Waals surface area contributed by atoms with Crippen LogP contribution in [0.15, 0.2) is 127 Å². The summed E-state index contributed by atoms with van der Waals surface area (Å²) in [4.78, 5) is 9.87. The smallest absolute Gasteiger partial charge is 0.0406 e. The molecule has 0 unspecified atom stereocenters. The largest absolute Gasteiger partial charge is 0.312 e. The maximum Gasteiger partial charge on any atom is 0.0406 e. The van der Waals surface area contributed by atoms with Gasteiger partial charge in [-0.1, -0.05) is 72.3 Å². The fourth-order valence-electron chi connectivity index (χ4n) is 4.05. The molecule has 5 rings (SSSR count). The van der Waals surface area contributed by atoms with E-state index in [0.29, 0.717) is 5.88 Å². The van der Waals surface area contributed by atoms with Crippen molar-refractivity contribution in [3.63, 3.8) is 0 Å². The lowest BCUT2D eigenvalue weighted by molar-refractivity contribution is 0.728. The number of nitrogens with one attached hydrogen (secondary N) is 2. The molecule has 0 saturated carbocycles. The quantitative estimate of drug-likeness (QED) is 0.0855. The fourth-order valence-corrected chi connectivity index (χ4v) is 5.12. The van der Waals surface area contributed by atoms with Gasteiger partial charge in [0.25, 0.3) is 0 Å². The van der Waals surface area contributed by atoms with Gasteiger partial charge in [-0.15, -0.1) is 23.4 Å². The van der Waals surface area contributed by atoms with Gasteiger partial charge in [0.15, 0.2) is 0 Å². The van der Waals surface area contributed by atoms with Crippen molar-refractivity contribution in [1.29, 1.82) is 0 Å². The molecule has 0 amide bonds. The van der Waals surface area contributed by atoms with E-state index in [2.05, 4.69) is 69.1 Å². The summed E-state index contributed by atoms with van der Waals surface area (Å²) in [6, 6.07) is 32.9. The lowest BCUT2D eigenvalue weighted by Gasteiger charge is -2.07. The number of aromatic nitrogens is 2. The highest BCUT2D eigenvalue weighted by Crippen LogP contribution is 2.21. The molecule has 0 bridgehead atoms. The van der Waals surface area contributed by atoms with Gasteiger partial charge in [-0.25, -0.2) is 0 Å². The predicted octanol–water partition coefficient (Wildman–Crippen LogP) is 8.36. The van der Waals surface area contributed by atoms with Crippen LogP contribution >= 0.6 is 35.0 Å². The molecular weight excluding hydrogens is 567 g/mol. The number of pyridine rings is 2. The number of alkyl halides is 1. The lowest BCUT2D eigenvalue weighted by Crippen LogP contribution is -2.16. The molecular formula is C34H34Cl2N4S. The molecule has 0 aliphatic heterocycles. The van der Waals surface area contributed by atoms with E-state index in [1.165, 1.54) is 27.1 Å². The maximum atomic E-state index is 5.89. The average Bonchev–Trinajstić information content (AvgIpc) is 3.03. The van der Waals surface area contributed by atoms with Crippen LogP contribution in [0, 0.1) is 0 Å². The Morgan fingerprint density at radius 2 is 1.10 bits per heavy atom. The normalized spacial score (nSPS) is 10.6. The van der Waals surface area contributed by atoms with Crippen LogP contribution < -0.4 is 10.6 Å². The Hall–Kier alpha value is -3.19. The van der Waals surface area contributed by atoms with Crippen LogP contribution in [0.25, 0.3) is 22.3 Å². The summed E-state index contributed by atoms with van der Waals surface area (Å²) >= 11 is 13.3. The van der Waals surface area contributed by atoms with Crippen molar-refractivity contribution in [3.05, 3.63) is 138 Å². The lowest BCUT2D eigenvalue weighted by atomic mass is 10.1.